The van der Waals surface area contributed by atoms with Gasteiger partial charge < -0.3 is 15.0 Å². The molecule has 2 N–H and O–H groups in total. The maximum absolute atomic E-state index is 13.0. The molecule has 3 rings (SSSR count). The van der Waals surface area contributed by atoms with E-state index in [4.69, 9.17) is 4.74 Å². The van der Waals surface area contributed by atoms with Crippen molar-refractivity contribution in [2.45, 2.75) is 13.3 Å². The highest BCUT2D eigenvalue weighted by Crippen LogP contribution is 2.22. The Kier molecular flexibility index (Phi) is 6.57. The molecule has 0 aliphatic carbocycles. The van der Waals surface area contributed by atoms with E-state index in [9.17, 15) is 9.59 Å². The van der Waals surface area contributed by atoms with Crippen LogP contribution in [0.3, 0.4) is 0 Å². The van der Waals surface area contributed by atoms with E-state index < -0.39 is 0 Å². The molecule has 0 radical (unpaired) electrons. The van der Waals surface area contributed by atoms with Gasteiger partial charge >= 0.3 is 0 Å². The first-order valence-electron chi connectivity index (χ1n) is 9.25. The summed E-state index contributed by atoms with van der Waals surface area (Å²) in [6.45, 7) is 2.41. The number of carbonyl (C=O) groups is 2. The number of fused-ring (bicyclic) bond motifs is 1. The van der Waals surface area contributed by atoms with Gasteiger partial charge in [-0.1, -0.05) is 6.07 Å². The number of nitrogens with zero attached hydrogens (tertiary/aromatic N) is 3. The first-order valence-corrected chi connectivity index (χ1v) is 9.25. The lowest BCUT2D eigenvalue weighted by molar-refractivity contribution is -0.118. The Morgan fingerprint density at radius 2 is 2.14 bits per heavy atom. The average Bonchev–Trinajstić information content (AvgIpc) is 3.15. The Balaban J connectivity index is 1.79. The van der Waals surface area contributed by atoms with Gasteiger partial charge in [-0.2, -0.15) is 5.10 Å². The van der Waals surface area contributed by atoms with Crippen molar-refractivity contribution in [1.82, 2.24) is 20.5 Å². The van der Waals surface area contributed by atoms with Crippen LogP contribution in [0.1, 0.15) is 19.0 Å². The first-order chi connectivity index (χ1) is 14.1. The van der Waals surface area contributed by atoms with Gasteiger partial charge in [-0.05, 0) is 36.8 Å². The van der Waals surface area contributed by atoms with Crippen LogP contribution in [0.25, 0.3) is 17.1 Å². The van der Waals surface area contributed by atoms with Crippen LogP contribution in [0, 0.1) is 0 Å². The van der Waals surface area contributed by atoms with Crippen LogP contribution in [-0.4, -0.2) is 47.2 Å². The summed E-state index contributed by atoms with van der Waals surface area (Å²) in [5.41, 5.74) is 2.03. The number of anilines is 1. The van der Waals surface area contributed by atoms with E-state index in [0.29, 0.717) is 36.6 Å². The average molecular weight is 393 g/mol. The lowest BCUT2D eigenvalue weighted by Crippen LogP contribution is -2.33. The van der Waals surface area contributed by atoms with Crippen LogP contribution in [0.2, 0.25) is 0 Å². The Labute approximate surface area is 168 Å². The van der Waals surface area contributed by atoms with Crippen molar-refractivity contribution < 1.29 is 14.3 Å². The van der Waals surface area contributed by atoms with Gasteiger partial charge in [0.25, 0.3) is 5.91 Å². The largest absolute Gasteiger partial charge is 0.497 e. The van der Waals surface area contributed by atoms with E-state index in [2.05, 4.69) is 20.5 Å². The summed E-state index contributed by atoms with van der Waals surface area (Å²) in [5, 5.41) is 10.6. The number of carbonyl (C=O) groups excluding carboxylic acids is 2. The Morgan fingerprint density at radius 1 is 1.28 bits per heavy atom. The SMILES string of the molecule is COc1cccc(N(CCCNC(C)=O)C(=O)/C=C/c2[nH]nc3ncccc23)c1. The van der Waals surface area contributed by atoms with Crippen molar-refractivity contribution in [2.24, 2.45) is 0 Å². The summed E-state index contributed by atoms with van der Waals surface area (Å²) in [7, 11) is 1.58. The van der Waals surface area contributed by atoms with Gasteiger partial charge in [0.2, 0.25) is 5.91 Å². The van der Waals surface area contributed by atoms with Gasteiger partial charge in [0.15, 0.2) is 5.65 Å². The zero-order valence-corrected chi connectivity index (χ0v) is 16.4. The van der Waals surface area contributed by atoms with Crippen LogP contribution in [-0.2, 0) is 9.59 Å². The number of ether oxygens (including phenoxy) is 1. The molecule has 0 aliphatic rings. The van der Waals surface area contributed by atoms with Crippen molar-refractivity contribution in [3.63, 3.8) is 0 Å². The molecule has 8 nitrogen and oxygen atoms in total. The third-order valence-electron chi connectivity index (χ3n) is 4.32. The summed E-state index contributed by atoms with van der Waals surface area (Å²) in [6, 6.07) is 11.0. The summed E-state index contributed by atoms with van der Waals surface area (Å²) in [6.07, 6.45) is 5.48. The van der Waals surface area contributed by atoms with E-state index in [1.165, 1.54) is 13.0 Å². The number of hydrogen-bond donors (Lipinski definition) is 2. The van der Waals surface area contributed by atoms with E-state index in [0.717, 1.165) is 11.1 Å². The molecule has 0 saturated carbocycles. The molecule has 0 aliphatic heterocycles. The minimum absolute atomic E-state index is 0.0936. The summed E-state index contributed by atoms with van der Waals surface area (Å²) >= 11 is 0. The number of nitrogens with one attached hydrogen (secondary N) is 2. The molecule has 2 amide bonds. The molecular weight excluding hydrogens is 370 g/mol. The van der Waals surface area contributed by atoms with Crippen molar-refractivity contribution in [2.75, 3.05) is 25.1 Å². The zero-order chi connectivity index (χ0) is 20.6. The molecule has 0 bridgehead atoms. The van der Waals surface area contributed by atoms with Crippen LogP contribution >= 0.6 is 0 Å². The van der Waals surface area contributed by atoms with Crippen LogP contribution in [0.15, 0.2) is 48.7 Å². The molecule has 8 heteroatoms. The van der Waals surface area contributed by atoms with Gasteiger partial charge in [-0.25, -0.2) is 4.98 Å². The van der Waals surface area contributed by atoms with E-state index in [1.54, 1.807) is 30.3 Å². The number of methoxy groups -OCH3 is 1. The second-order valence-electron chi connectivity index (χ2n) is 6.37. The highest BCUT2D eigenvalue weighted by atomic mass is 16.5. The number of aromatic nitrogens is 3. The number of aromatic amines is 1. The number of hydrogen-bond acceptors (Lipinski definition) is 5. The van der Waals surface area contributed by atoms with Gasteiger partial charge in [0, 0.05) is 49.4 Å². The second kappa shape index (κ2) is 9.50. The van der Waals surface area contributed by atoms with Gasteiger partial charge in [0.1, 0.15) is 5.75 Å². The lowest BCUT2D eigenvalue weighted by Gasteiger charge is -2.22. The zero-order valence-electron chi connectivity index (χ0n) is 16.4. The van der Waals surface area contributed by atoms with Crippen molar-refractivity contribution in [1.29, 1.82) is 0 Å². The standard InChI is InChI=1S/C21H23N5O3/c1-15(27)22-12-5-13-26(16-6-3-7-17(14-16)29-2)20(28)10-9-19-18-8-4-11-23-21(18)25-24-19/h3-4,6-11,14H,5,12-13H2,1-2H3,(H,22,27)(H,23,24,25)/b10-9+. The highest BCUT2D eigenvalue weighted by Gasteiger charge is 2.14. The smallest absolute Gasteiger partial charge is 0.251 e. The maximum atomic E-state index is 13.0. The monoisotopic (exact) mass is 393 g/mol. The molecular formula is C21H23N5O3. The molecule has 3 aromatic rings. The fourth-order valence-electron chi connectivity index (χ4n) is 2.89. The Morgan fingerprint density at radius 3 is 2.93 bits per heavy atom. The minimum atomic E-state index is -0.187. The first kappa shape index (κ1) is 20.1. The summed E-state index contributed by atoms with van der Waals surface area (Å²) < 4.78 is 5.28. The molecule has 0 atom stereocenters. The van der Waals surface area contributed by atoms with Crippen LogP contribution in [0.5, 0.6) is 5.75 Å². The van der Waals surface area contributed by atoms with Crippen LogP contribution < -0.4 is 15.0 Å². The van der Waals surface area contributed by atoms with Gasteiger partial charge in [0.05, 0.1) is 12.8 Å². The van der Waals surface area contributed by atoms with Gasteiger partial charge in [-0.3, -0.25) is 14.7 Å². The molecule has 29 heavy (non-hydrogen) atoms. The molecule has 150 valence electrons. The van der Waals surface area contributed by atoms with E-state index in [1.807, 2.05) is 30.3 Å². The Bertz CT molecular complexity index is 1030. The number of rotatable bonds is 8. The van der Waals surface area contributed by atoms with Crippen molar-refractivity contribution >= 4 is 34.6 Å². The number of pyridine rings is 1. The topological polar surface area (TPSA) is 100 Å². The predicted molar refractivity (Wildman–Crippen MR) is 112 cm³/mol. The third kappa shape index (κ3) is 5.19. The van der Waals surface area contributed by atoms with E-state index in [-0.39, 0.29) is 11.8 Å². The lowest BCUT2D eigenvalue weighted by atomic mass is 10.2. The van der Waals surface area contributed by atoms with E-state index >= 15 is 0 Å². The Hall–Kier alpha value is -3.68. The normalized spacial score (nSPS) is 11.0. The molecule has 0 spiro atoms. The molecule has 0 fully saturated rings. The molecule has 1 aromatic carbocycles. The summed E-state index contributed by atoms with van der Waals surface area (Å²) in [4.78, 5) is 29.9. The number of H-pyrrole nitrogens is 1. The molecule has 0 unspecified atom stereocenters. The van der Waals surface area contributed by atoms with Gasteiger partial charge in [-0.15, -0.1) is 0 Å². The van der Waals surface area contributed by atoms with Crippen molar-refractivity contribution in [3.8, 4) is 5.75 Å². The highest BCUT2D eigenvalue weighted by molar-refractivity contribution is 6.04. The third-order valence-corrected chi connectivity index (χ3v) is 4.32. The molecule has 2 heterocycles. The quantitative estimate of drug-likeness (QED) is 0.452. The number of amides is 2. The second-order valence-corrected chi connectivity index (χ2v) is 6.37. The fraction of sp³-hybridized carbons (Fsp3) is 0.238. The van der Waals surface area contributed by atoms with Crippen molar-refractivity contribution in [3.05, 3.63) is 54.4 Å². The molecule has 2 aromatic heterocycles. The summed E-state index contributed by atoms with van der Waals surface area (Å²) in [5.74, 6) is 0.383. The maximum Gasteiger partial charge on any atom is 0.251 e. The fourth-order valence-corrected chi connectivity index (χ4v) is 2.89. The predicted octanol–water partition coefficient (Wildman–Crippen LogP) is 2.54. The molecule has 0 saturated heterocycles. The van der Waals surface area contributed by atoms with Crippen LogP contribution in [0.4, 0.5) is 5.69 Å². The minimum Gasteiger partial charge on any atom is -0.497 e. The number of benzene rings is 1.